The predicted molar refractivity (Wildman–Crippen MR) is 82.3 cm³/mol. The number of piperidine rings is 1. The second-order valence-corrected chi connectivity index (χ2v) is 6.11. The van der Waals surface area contributed by atoms with Crippen LogP contribution in [-0.2, 0) is 4.74 Å². The van der Waals surface area contributed by atoms with Crippen molar-refractivity contribution in [3.05, 3.63) is 48.0 Å². The number of ether oxygens (including phenoxy) is 1. The highest BCUT2D eigenvalue weighted by Crippen LogP contribution is 2.30. The van der Waals surface area contributed by atoms with Crippen LogP contribution in [0.15, 0.2) is 42.5 Å². The third-order valence-corrected chi connectivity index (χ3v) is 4.75. The zero-order chi connectivity index (χ0) is 14.2. The van der Waals surface area contributed by atoms with Crippen molar-refractivity contribution in [3.8, 4) is 0 Å². The van der Waals surface area contributed by atoms with Crippen LogP contribution in [-0.4, -0.2) is 24.2 Å². The Balaban J connectivity index is 1.59. The lowest BCUT2D eigenvalue weighted by Gasteiger charge is -2.22. The molecule has 0 spiro atoms. The molecule has 0 aliphatic carbocycles. The molecule has 2 bridgehead atoms. The number of esters is 1. The van der Waals surface area contributed by atoms with Crippen LogP contribution in [0.25, 0.3) is 10.8 Å². The maximum atomic E-state index is 12.6. The van der Waals surface area contributed by atoms with Crippen molar-refractivity contribution in [2.45, 2.75) is 43.9 Å². The van der Waals surface area contributed by atoms with E-state index in [9.17, 15) is 4.79 Å². The van der Waals surface area contributed by atoms with E-state index in [1.807, 2.05) is 42.5 Å². The third kappa shape index (κ3) is 2.32. The molecule has 2 aliphatic rings. The van der Waals surface area contributed by atoms with Crippen molar-refractivity contribution >= 4 is 16.7 Å². The first-order valence-electron chi connectivity index (χ1n) is 7.76. The number of nitrogens with one attached hydrogen (secondary N) is 1. The van der Waals surface area contributed by atoms with Crippen molar-refractivity contribution in [3.63, 3.8) is 0 Å². The number of hydrogen-bond donors (Lipinski definition) is 1. The molecule has 2 fully saturated rings. The summed E-state index contributed by atoms with van der Waals surface area (Å²) in [6.07, 6.45) is 4.55. The molecule has 3 unspecified atom stereocenters. The highest BCUT2D eigenvalue weighted by atomic mass is 16.5. The molecule has 3 heteroatoms. The fourth-order valence-corrected chi connectivity index (χ4v) is 3.71. The van der Waals surface area contributed by atoms with Crippen LogP contribution < -0.4 is 5.32 Å². The number of carbonyl (C=O) groups is 1. The lowest BCUT2D eigenvalue weighted by molar-refractivity contribution is 0.0272. The first-order chi connectivity index (χ1) is 10.3. The lowest BCUT2D eigenvalue weighted by atomic mass is 10.0. The maximum absolute atomic E-state index is 12.6. The molecule has 2 aromatic rings. The van der Waals surface area contributed by atoms with Crippen LogP contribution in [0.4, 0.5) is 0 Å². The van der Waals surface area contributed by atoms with E-state index in [4.69, 9.17) is 4.74 Å². The Bertz CT molecular complexity index is 676. The molecule has 2 heterocycles. The summed E-state index contributed by atoms with van der Waals surface area (Å²) >= 11 is 0. The molecule has 2 saturated heterocycles. The van der Waals surface area contributed by atoms with Crippen LogP contribution in [0.3, 0.4) is 0 Å². The minimum Gasteiger partial charge on any atom is -0.457 e. The van der Waals surface area contributed by atoms with Gasteiger partial charge in [-0.15, -0.1) is 0 Å². The summed E-state index contributed by atoms with van der Waals surface area (Å²) in [7, 11) is 0. The van der Waals surface area contributed by atoms with Gasteiger partial charge < -0.3 is 10.1 Å². The molecular formula is C18H19NO2. The Hall–Kier alpha value is -1.87. The van der Waals surface area contributed by atoms with Gasteiger partial charge >= 0.3 is 5.97 Å². The summed E-state index contributed by atoms with van der Waals surface area (Å²) in [6.45, 7) is 0. The van der Waals surface area contributed by atoms with Crippen molar-refractivity contribution < 1.29 is 9.53 Å². The predicted octanol–water partition coefficient (Wildman–Crippen LogP) is 3.28. The van der Waals surface area contributed by atoms with E-state index in [-0.39, 0.29) is 12.1 Å². The number of rotatable bonds is 2. The van der Waals surface area contributed by atoms with Gasteiger partial charge in [0, 0.05) is 18.5 Å². The molecule has 1 N–H and O–H groups in total. The minimum atomic E-state index is -0.189. The fraction of sp³-hybridized carbons (Fsp3) is 0.389. The van der Waals surface area contributed by atoms with Gasteiger partial charge in [0.1, 0.15) is 6.10 Å². The van der Waals surface area contributed by atoms with Crippen molar-refractivity contribution in [2.24, 2.45) is 0 Å². The molecule has 108 valence electrons. The van der Waals surface area contributed by atoms with Gasteiger partial charge in [0.15, 0.2) is 0 Å². The van der Waals surface area contributed by atoms with Crippen molar-refractivity contribution in [2.75, 3.05) is 0 Å². The van der Waals surface area contributed by atoms with Gasteiger partial charge in [-0.3, -0.25) is 0 Å². The molecule has 3 nitrogen and oxygen atoms in total. The van der Waals surface area contributed by atoms with Crippen LogP contribution in [0.1, 0.15) is 36.0 Å². The quantitative estimate of drug-likeness (QED) is 0.859. The van der Waals surface area contributed by atoms with Crippen molar-refractivity contribution in [1.29, 1.82) is 0 Å². The normalized spacial score (nSPS) is 27.7. The average Bonchev–Trinajstić information content (AvgIpc) is 2.80. The standard InChI is InChI=1S/C18H19NO2/c20-18(21-17-11-13-7-4-10-16(17)19-13)15-9-3-6-12-5-1-2-8-14(12)15/h1-3,5-6,8-9,13,16-17,19H,4,7,10-11H2. The summed E-state index contributed by atoms with van der Waals surface area (Å²) in [5.41, 5.74) is 0.676. The van der Waals surface area contributed by atoms with Crippen LogP contribution in [0, 0.1) is 0 Å². The van der Waals surface area contributed by atoms with E-state index in [1.54, 1.807) is 0 Å². The summed E-state index contributed by atoms with van der Waals surface area (Å²) in [5.74, 6) is -0.189. The zero-order valence-electron chi connectivity index (χ0n) is 11.9. The summed E-state index contributed by atoms with van der Waals surface area (Å²) in [5, 5.41) is 5.61. The molecule has 21 heavy (non-hydrogen) atoms. The Morgan fingerprint density at radius 2 is 1.95 bits per heavy atom. The smallest absolute Gasteiger partial charge is 0.339 e. The van der Waals surface area contributed by atoms with E-state index in [0.717, 1.165) is 23.6 Å². The van der Waals surface area contributed by atoms with Crippen LogP contribution in [0.2, 0.25) is 0 Å². The van der Waals surface area contributed by atoms with Gasteiger partial charge in [-0.25, -0.2) is 4.79 Å². The van der Waals surface area contributed by atoms with Gasteiger partial charge in [-0.05, 0) is 29.7 Å². The van der Waals surface area contributed by atoms with Crippen LogP contribution >= 0.6 is 0 Å². The average molecular weight is 281 g/mol. The monoisotopic (exact) mass is 281 g/mol. The van der Waals surface area contributed by atoms with Crippen molar-refractivity contribution in [1.82, 2.24) is 5.32 Å². The molecule has 0 radical (unpaired) electrons. The first kappa shape index (κ1) is 12.8. The molecule has 2 aliphatic heterocycles. The lowest BCUT2D eigenvalue weighted by Crippen LogP contribution is -2.38. The van der Waals surface area contributed by atoms with E-state index in [0.29, 0.717) is 17.6 Å². The Labute approximate surface area is 124 Å². The summed E-state index contributed by atoms with van der Waals surface area (Å²) in [6, 6.07) is 14.6. The molecule has 3 atom stereocenters. The molecule has 2 aromatic carbocycles. The maximum Gasteiger partial charge on any atom is 0.339 e. The summed E-state index contributed by atoms with van der Waals surface area (Å²) in [4.78, 5) is 12.6. The Kier molecular flexibility index (Phi) is 3.15. The number of hydrogen-bond acceptors (Lipinski definition) is 3. The summed E-state index contributed by atoms with van der Waals surface area (Å²) < 4.78 is 5.82. The van der Waals surface area contributed by atoms with Crippen LogP contribution in [0.5, 0.6) is 0 Å². The van der Waals surface area contributed by atoms with E-state index in [1.165, 1.54) is 12.8 Å². The number of fused-ring (bicyclic) bond motifs is 3. The second kappa shape index (κ2) is 5.15. The zero-order valence-corrected chi connectivity index (χ0v) is 11.9. The van der Waals surface area contributed by atoms with E-state index < -0.39 is 0 Å². The van der Waals surface area contributed by atoms with E-state index >= 15 is 0 Å². The Morgan fingerprint density at radius 1 is 1.10 bits per heavy atom. The number of carbonyl (C=O) groups excluding carboxylic acids is 1. The van der Waals surface area contributed by atoms with Gasteiger partial charge in [-0.2, -0.15) is 0 Å². The molecule has 0 aromatic heterocycles. The topological polar surface area (TPSA) is 38.3 Å². The van der Waals surface area contributed by atoms with Gasteiger partial charge in [0.25, 0.3) is 0 Å². The first-order valence-corrected chi connectivity index (χ1v) is 7.76. The van der Waals surface area contributed by atoms with Gasteiger partial charge in [-0.1, -0.05) is 42.8 Å². The minimum absolute atomic E-state index is 0.0315. The molecular weight excluding hydrogens is 262 g/mol. The Morgan fingerprint density at radius 3 is 2.86 bits per heavy atom. The molecule has 4 rings (SSSR count). The van der Waals surface area contributed by atoms with E-state index in [2.05, 4.69) is 5.32 Å². The molecule has 0 amide bonds. The highest BCUT2D eigenvalue weighted by molar-refractivity contribution is 6.04. The SMILES string of the molecule is O=C(OC1CC2CCCC1N2)c1cccc2ccccc12. The molecule has 0 saturated carbocycles. The third-order valence-electron chi connectivity index (χ3n) is 4.75. The largest absolute Gasteiger partial charge is 0.457 e. The van der Waals surface area contributed by atoms with Gasteiger partial charge in [0.05, 0.1) is 5.56 Å². The van der Waals surface area contributed by atoms with Gasteiger partial charge in [0.2, 0.25) is 0 Å². The second-order valence-electron chi connectivity index (χ2n) is 6.11. The number of benzene rings is 2. The fourth-order valence-electron chi connectivity index (χ4n) is 3.71. The highest BCUT2D eigenvalue weighted by Gasteiger charge is 2.38.